The minimum atomic E-state index is -4.78. The van der Waals surface area contributed by atoms with Crippen molar-refractivity contribution in [1.29, 1.82) is 0 Å². The van der Waals surface area contributed by atoms with Gasteiger partial charge in [0.25, 0.3) is 10.1 Å². The minimum absolute atomic E-state index is 0.739. The second-order valence-electron chi connectivity index (χ2n) is 3.22. The third-order valence-corrected chi connectivity index (χ3v) is 3.55. The van der Waals surface area contributed by atoms with Crippen molar-refractivity contribution in [3.8, 4) is 0 Å². The van der Waals surface area contributed by atoms with Crippen LogP contribution in [0.25, 0.3) is 0 Å². The summed E-state index contributed by atoms with van der Waals surface area (Å²) in [7, 11) is -3.87. The SMILES string of the molecule is COC1(S(=O)(=O)O)C=CC=C(C(F)(F)F)C1. The summed E-state index contributed by atoms with van der Waals surface area (Å²) in [5.74, 6) is 0. The van der Waals surface area contributed by atoms with Crippen LogP contribution in [0.2, 0.25) is 0 Å². The summed E-state index contributed by atoms with van der Waals surface area (Å²) in [5, 5.41) is 0. The molecule has 0 spiro atoms. The van der Waals surface area contributed by atoms with Gasteiger partial charge in [0.2, 0.25) is 4.93 Å². The molecule has 1 rings (SSSR count). The van der Waals surface area contributed by atoms with E-state index in [2.05, 4.69) is 4.74 Å². The number of halogens is 3. The van der Waals surface area contributed by atoms with Gasteiger partial charge in [-0.25, -0.2) is 0 Å². The monoisotopic (exact) mass is 258 g/mol. The zero-order valence-electron chi connectivity index (χ0n) is 8.15. The van der Waals surface area contributed by atoms with Gasteiger partial charge in [-0.05, 0) is 6.08 Å². The molecule has 0 aromatic rings. The van der Waals surface area contributed by atoms with Crippen molar-refractivity contribution < 1.29 is 30.9 Å². The van der Waals surface area contributed by atoms with Crippen LogP contribution in [0.1, 0.15) is 6.42 Å². The third kappa shape index (κ3) is 2.28. The van der Waals surface area contributed by atoms with Crippen LogP contribution >= 0.6 is 0 Å². The van der Waals surface area contributed by atoms with Gasteiger partial charge in [0.1, 0.15) is 0 Å². The molecule has 0 bridgehead atoms. The van der Waals surface area contributed by atoms with Crippen LogP contribution in [0.4, 0.5) is 13.2 Å². The first kappa shape index (κ1) is 13.2. The van der Waals surface area contributed by atoms with E-state index in [1.165, 1.54) is 0 Å². The summed E-state index contributed by atoms with van der Waals surface area (Å²) < 4.78 is 72.5. The Labute approximate surface area is 90.1 Å². The normalized spacial score (nSPS) is 26.7. The highest BCUT2D eigenvalue weighted by molar-refractivity contribution is 7.87. The van der Waals surface area contributed by atoms with E-state index in [4.69, 9.17) is 4.55 Å². The van der Waals surface area contributed by atoms with Gasteiger partial charge < -0.3 is 4.74 Å². The Balaban J connectivity index is 3.17. The molecule has 1 aliphatic rings. The van der Waals surface area contributed by atoms with E-state index in [1.807, 2.05) is 0 Å². The predicted molar refractivity (Wildman–Crippen MR) is 49.2 cm³/mol. The van der Waals surface area contributed by atoms with Crippen LogP contribution in [-0.2, 0) is 14.9 Å². The Morgan fingerprint density at radius 3 is 2.44 bits per heavy atom. The molecule has 0 fully saturated rings. The van der Waals surface area contributed by atoms with Gasteiger partial charge in [-0.15, -0.1) is 0 Å². The van der Waals surface area contributed by atoms with Crippen LogP contribution in [-0.4, -0.2) is 31.2 Å². The molecule has 4 nitrogen and oxygen atoms in total. The molecule has 0 radical (unpaired) electrons. The van der Waals surface area contributed by atoms with Gasteiger partial charge in [-0.3, -0.25) is 4.55 Å². The fourth-order valence-corrected chi connectivity index (χ4v) is 2.11. The summed E-state index contributed by atoms with van der Waals surface area (Å²) in [6.45, 7) is 0. The van der Waals surface area contributed by atoms with Gasteiger partial charge >= 0.3 is 6.18 Å². The van der Waals surface area contributed by atoms with Crippen molar-refractivity contribution in [1.82, 2.24) is 0 Å². The van der Waals surface area contributed by atoms with Crippen LogP contribution in [0, 0.1) is 0 Å². The van der Waals surface area contributed by atoms with Crippen molar-refractivity contribution in [3.63, 3.8) is 0 Å². The van der Waals surface area contributed by atoms with Gasteiger partial charge in [-0.1, -0.05) is 12.2 Å². The lowest BCUT2D eigenvalue weighted by Gasteiger charge is -2.29. The summed E-state index contributed by atoms with van der Waals surface area (Å²) in [5.41, 5.74) is -1.07. The molecule has 1 unspecified atom stereocenters. The average molecular weight is 258 g/mol. The maximum atomic E-state index is 12.4. The van der Waals surface area contributed by atoms with Gasteiger partial charge in [-0.2, -0.15) is 21.6 Å². The summed E-state index contributed by atoms with van der Waals surface area (Å²) in [4.78, 5) is -2.35. The zero-order valence-corrected chi connectivity index (χ0v) is 8.97. The molecule has 0 heterocycles. The number of ether oxygens (including phenoxy) is 1. The Hall–Kier alpha value is -0.860. The first-order valence-corrected chi connectivity index (χ1v) is 5.54. The average Bonchev–Trinajstić information content (AvgIpc) is 2.15. The van der Waals surface area contributed by atoms with E-state index in [0.717, 1.165) is 25.3 Å². The van der Waals surface area contributed by atoms with Crippen LogP contribution in [0.5, 0.6) is 0 Å². The zero-order chi connectivity index (χ0) is 12.6. The van der Waals surface area contributed by atoms with Crippen molar-refractivity contribution in [2.45, 2.75) is 17.5 Å². The minimum Gasteiger partial charge on any atom is -0.357 e. The first-order chi connectivity index (χ1) is 7.12. The smallest absolute Gasteiger partial charge is 0.357 e. The molecule has 16 heavy (non-hydrogen) atoms. The highest BCUT2D eigenvalue weighted by Crippen LogP contribution is 2.38. The van der Waals surface area contributed by atoms with E-state index in [1.54, 1.807) is 0 Å². The largest absolute Gasteiger partial charge is 0.412 e. The van der Waals surface area contributed by atoms with Crippen LogP contribution in [0.15, 0.2) is 23.8 Å². The summed E-state index contributed by atoms with van der Waals surface area (Å²) in [6.07, 6.45) is -3.12. The molecule has 0 aromatic heterocycles. The van der Waals surface area contributed by atoms with Crippen LogP contribution in [0.3, 0.4) is 0 Å². The molecule has 1 aliphatic carbocycles. The number of hydrogen-bond acceptors (Lipinski definition) is 3. The fourth-order valence-electron chi connectivity index (χ4n) is 1.31. The number of rotatable bonds is 2. The van der Waals surface area contributed by atoms with E-state index in [-0.39, 0.29) is 0 Å². The summed E-state index contributed by atoms with van der Waals surface area (Å²) in [6, 6.07) is 0. The number of alkyl halides is 3. The van der Waals surface area contributed by atoms with Gasteiger partial charge in [0.05, 0.1) is 0 Å². The Bertz CT molecular complexity index is 435. The maximum absolute atomic E-state index is 12.4. The lowest BCUT2D eigenvalue weighted by Crippen LogP contribution is -2.41. The van der Waals surface area contributed by atoms with E-state index < -0.39 is 33.2 Å². The molecular weight excluding hydrogens is 249 g/mol. The number of hydrogen-bond donors (Lipinski definition) is 1. The Morgan fingerprint density at radius 2 is 2.06 bits per heavy atom. The topological polar surface area (TPSA) is 63.6 Å². The quantitative estimate of drug-likeness (QED) is 0.765. The van der Waals surface area contributed by atoms with E-state index in [9.17, 15) is 21.6 Å². The van der Waals surface area contributed by atoms with Gasteiger partial charge in [0, 0.05) is 19.1 Å². The van der Waals surface area contributed by atoms with Crippen molar-refractivity contribution in [2.75, 3.05) is 7.11 Å². The molecular formula is C8H9F3O4S. The standard InChI is InChI=1S/C8H9F3O4S/c1-15-7(16(12,13)14)4-2-3-6(5-7)8(9,10)11/h2-4H,5H2,1H3,(H,12,13,14). The highest BCUT2D eigenvalue weighted by Gasteiger charge is 2.48. The third-order valence-electron chi connectivity index (χ3n) is 2.23. The lowest BCUT2D eigenvalue weighted by atomic mass is 10.0. The molecule has 0 amide bonds. The molecule has 1 N–H and O–H groups in total. The number of allylic oxidation sites excluding steroid dienone is 2. The molecule has 92 valence electrons. The molecule has 0 aromatic carbocycles. The number of methoxy groups -OCH3 is 1. The first-order valence-electron chi connectivity index (χ1n) is 4.10. The Kier molecular flexibility index (Phi) is 3.19. The Morgan fingerprint density at radius 1 is 1.50 bits per heavy atom. The molecule has 8 heteroatoms. The van der Waals surface area contributed by atoms with Crippen molar-refractivity contribution in [3.05, 3.63) is 23.8 Å². The molecule has 0 saturated carbocycles. The maximum Gasteiger partial charge on any atom is 0.412 e. The summed E-state index contributed by atoms with van der Waals surface area (Å²) >= 11 is 0. The van der Waals surface area contributed by atoms with Gasteiger partial charge in [0.15, 0.2) is 0 Å². The fraction of sp³-hybridized carbons (Fsp3) is 0.500. The van der Waals surface area contributed by atoms with Crippen molar-refractivity contribution in [2.24, 2.45) is 0 Å². The second kappa shape index (κ2) is 3.86. The van der Waals surface area contributed by atoms with Crippen molar-refractivity contribution >= 4 is 10.1 Å². The van der Waals surface area contributed by atoms with E-state index in [0.29, 0.717) is 0 Å². The second-order valence-corrected chi connectivity index (χ2v) is 4.86. The predicted octanol–water partition coefficient (Wildman–Crippen LogP) is 1.67. The molecule has 0 aliphatic heterocycles. The van der Waals surface area contributed by atoms with E-state index >= 15 is 0 Å². The highest BCUT2D eigenvalue weighted by atomic mass is 32.2. The lowest BCUT2D eigenvalue weighted by molar-refractivity contribution is -0.0985. The molecule has 0 saturated heterocycles. The van der Waals surface area contributed by atoms with Crippen LogP contribution < -0.4 is 0 Å². The molecule has 1 atom stereocenters.